The third-order valence-electron chi connectivity index (χ3n) is 3.96. The lowest BCUT2D eigenvalue weighted by atomic mass is 10.1. The molecule has 5 heteroatoms. The van der Waals surface area contributed by atoms with Gasteiger partial charge in [0.25, 0.3) is 5.91 Å². The highest BCUT2D eigenvalue weighted by atomic mass is 32.1. The average molecular weight is 340 g/mol. The molecule has 0 fully saturated rings. The molecular formula is C19H20N2O2S. The Morgan fingerprint density at radius 3 is 2.67 bits per heavy atom. The second kappa shape index (κ2) is 7.47. The normalized spacial score (nSPS) is 12.3. The molecule has 0 aliphatic heterocycles. The fourth-order valence-corrected chi connectivity index (χ4v) is 3.37. The maximum absolute atomic E-state index is 12.6. The van der Waals surface area contributed by atoms with Gasteiger partial charge >= 0.3 is 0 Å². The van der Waals surface area contributed by atoms with Gasteiger partial charge in [0.15, 0.2) is 5.76 Å². The maximum Gasteiger partial charge on any atom is 0.287 e. The first kappa shape index (κ1) is 16.5. The van der Waals surface area contributed by atoms with Gasteiger partial charge in [-0.1, -0.05) is 30.3 Å². The molecule has 0 bridgehead atoms. The van der Waals surface area contributed by atoms with Crippen LogP contribution in [-0.4, -0.2) is 31.4 Å². The van der Waals surface area contributed by atoms with E-state index in [1.807, 2.05) is 55.9 Å². The summed E-state index contributed by atoms with van der Waals surface area (Å²) in [4.78, 5) is 14.7. The molecule has 0 unspecified atom stereocenters. The number of hydrogen-bond acceptors (Lipinski definition) is 4. The van der Waals surface area contributed by atoms with Crippen LogP contribution in [-0.2, 0) is 0 Å². The van der Waals surface area contributed by atoms with Crippen LogP contribution in [0.1, 0.15) is 22.2 Å². The first-order chi connectivity index (χ1) is 11.7. The molecule has 0 radical (unpaired) electrons. The fraction of sp³-hybridized carbons (Fsp3) is 0.211. The first-order valence-corrected chi connectivity index (χ1v) is 8.70. The summed E-state index contributed by atoms with van der Waals surface area (Å²) in [6.45, 7) is 0.525. The molecule has 4 nitrogen and oxygen atoms in total. The van der Waals surface area contributed by atoms with Gasteiger partial charge in [-0.05, 0) is 48.1 Å². The predicted molar refractivity (Wildman–Crippen MR) is 97.2 cm³/mol. The third-order valence-corrected chi connectivity index (χ3v) is 4.66. The molecule has 1 atom stereocenters. The summed E-state index contributed by atoms with van der Waals surface area (Å²) >= 11 is 1.66. The first-order valence-electron chi connectivity index (χ1n) is 7.76. The Morgan fingerprint density at radius 2 is 2.00 bits per heavy atom. The Morgan fingerprint density at radius 1 is 1.21 bits per heavy atom. The number of carbonyl (C=O) groups excluding carboxylic acids is 1. The van der Waals surface area contributed by atoms with E-state index in [9.17, 15) is 4.79 Å². The number of benzene rings is 1. The van der Waals surface area contributed by atoms with Crippen molar-refractivity contribution >= 4 is 17.2 Å². The van der Waals surface area contributed by atoms with Crippen molar-refractivity contribution in [2.24, 2.45) is 0 Å². The molecule has 0 saturated heterocycles. The minimum Gasteiger partial charge on any atom is -0.459 e. The molecule has 0 spiro atoms. The molecule has 0 aliphatic rings. The van der Waals surface area contributed by atoms with Gasteiger partial charge in [0, 0.05) is 12.1 Å². The number of thiophene rings is 1. The van der Waals surface area contributed by atoms with Crippen LogP contribution in [0.5, 0.6) is 0 Å². The number of hydrogen-bond donors (Lipinski definition) is 1. The standard InChI is InChI=1S/C19H20N2O2S/c1-21(2)17(15-9-11-24-13-15)12-20-19(22)18-16(8-10-23-18)14-6-4-3-5-7-14/h3-11,13,17H,12H2,1-2H3,(H,20,22)/t17-/m0/s1. The number of nitrogens with zero attached hydrogens (tertiary/aromatic N) is 1. The minimum absolute atomic E-state index is 0.135. The minimum atomic E-state index is -0.194. The molecule has 2 heterocycles. The van der Waals surface area contributed by atoms with E-state index in [4.69, 9.17) is 4.42 Å². The number of nitrogens with one attached hydrogen (secondary N) is 1. The second-order valence-corrected chi connectivity index (χ2v) is 6.56. The van der Waals surface area contributed by atoms with E-state index in [1.54, 1.807) is 17.6 Å². The summed E-state index contributed by atoms with van der Waals surface area (Å²) in [6, 6.07) is 13.8. The van der Waals surface area contributed by atoms with E-state index >= 15 is 0 Å². The van der Waals surface area contributed by atoms with Crippen LogP contribution in [0.25, 0.3) is 11.1 Å². The Kier molecular flexibility index (Phi) is 5.13. The summed E-state index contributed by atoms with van der Waals surface area (Å²) in [5.74, 6) is 0.157. The van der Waals surface area contributed by atoms with E-state index in [-0.39, 0.29) is 11.9 Å². The van der Waals surface area contributed by atoms with Gasteiger partial charge in [-0.2, -0.15) is 11.3 Å². The fourth-order valence-electron chi connectivity index (χ4n) is 2.66. The smallest absolute Gasteiger partial charge is 0.287 e. The van der Waals surface area contributed by atoms with Gasteiger partial charge in [-0.25, -0.2) is 0 Å². The van der Waals surface area contributed by atoms with E-state index in [0.29, 0.717) is 12.3 Å². The zero-order chi connectivity index (χ0) is 16.9. The van der Waals surface area contributed by atoms with E-state index in [1.165, 1.54) is 5.56 Å². The van der Waals surface area contributed by atoms with Crippen molar-refractivity contribution in [1.82, 2.24) is 10.2 Å². The van der Waals surface area contributed by atoms with Crippen molar-refractivity contribution in [3.05, 3.63) is 70.8 Å². The van der Waals surface area contributed by atoms with Crippen LogP contribution in [0.4, 0.5) is 0 Å². The summed E-state index contributed by atoms with van der Waals surface area (Å²) in [5, 5.41) is 7.15. The lowest BCUT2D eigenvalue weighted by Crippen LogP contribution is -2.34. The average Bonchev–Trinajstić information content (AvgIpc) is 3.27. The van der Waals surface area contributed by atoms with E-state index in [0.717, 1.165) is 11.1 Å². The Balaban J connectivity index is 1.73. The number of carbonyl (C=O) groups is 1. The lowest BCUT2D eigenvalue weighted by molar-refractivity contribution is 0.0915. The van der Waals surface area contributed by atoms with Crippen molar-refractivity contribution in [3.63, 3.8) is 0 Å². The van der Waals surface area contributed by atoms with E-state index < -0.39 is 0 Å². The van der Waals surface area contributed by atoms with Crippen LogP contribution in [0.3, 0.4) is 0 Å². The Hall–Kier alpha value is -2.37. The molecule has 1 amide bonds. The summed E-state index contributed by atoms with van der Waals surface area (Å²) < 4.78 is 5.44. The van der Waals surface area contributed by atoms with E-state index in [2.05, 4.69) is 21.7 Å². The summed E-state index contributed by atoms with van der Waals surface area (Å²) in [5.41, 5.74) is 2.98. The van der Waals surface area contributed by atoms with Crippen LogP contribution in [0.15, 0.2) is 63.9 Å². The zero-order valence-electron chi connectivity index (χ0n) is 13.7. The SMILES string of the molecule is CN(C)[C@@H](CNC(=O)c1occc1-c1ccccc1)c1ccsc1. The van der Waals surface area contributed by atoms with Crippen molar-refractivity contribution in [1.29, 1.82) is 0 Å². The lowest BCUT2D eigenvalue weighted by Gasteiger charge is -2.23. The van der Waals surface area contributed by atoms with Gasteiger partial charge in [0.1, 0.15) is 0 Å². The number of amides is 1. The molecule has 0 aliphatic carbocycles. The molecule has 124 valence electrons. The van der Waals surface area contributed by atoms with Crippen molar-refractivity contribution < 1.29 is 9.21 Å². The van der Waals surface area contributed by atoms with Gasteiger partial charge in [0.05, 0.1) is 12.3 Å². The highest BCUT2D eigenvalue weighted by molar-refractivity contribution is 7.07. The Bertz CT molecular complexity index is 779. The van der Waals surface area contributed by atoms with Crippen LogP contribution >= 0.6 is 11.3 Å². The van der Waals surface area contributed by atoms with Crippen LogP contribution in [0.2, 0.25) is 0 Å². The molecule has 0 saturated carbocycles. The summed E-state index contributed by atoms with van der Waals surface area (Å²) in [6.07, 6.45) is 1.56. The highest BCUT2D eigenvalue weighted by Crippen LogP contribution is 2.25. The molecule has 1 N–H and O–H groups in total. The molecule has 24 heavy (non-hydrogen) atoms. The predicted octanol–water partition coefficient (Wildman–Crippen LogP) is 4.04. The quantitative estimate of drug-likeness (QED) is 0.736. The largest absolute Gasteiger partial charge is 0.459 e. The number of rotatable bonds is 6. The molecule has 2 aromatic heterocycles. The third kappa shape index (κ3) is 3.58. The van der Waals surface area contributed by atoms with Crippen molar-refractivity contribution in [2.45, 2.75) is 6.04 Å². The topological polar surface area (TPSA) is 45.5 Å². The monoisotopic (exact) mass is 340 g/mol. The second-order valence-electron chi connectivity index (χ2n) is 5.78. The van der Waals surface area contributed by atoms with Gasteiger partial charge < -0.3 is 14.6 Å². The van der Waals surface area contributed by atoms with Crippen LogP contribution in [0, 0.1) is 0 Å². The number of likely N-dealkylation sites (N-methyl/N-ethyl adjacent to an activating group) is 1. The Labute approximate surface area is 145 Å². The van der Waals surface area contributed by atoms with Crippen molar-refractivity contribution in [2.75, 3.05) is 20.6 Å². The number of furan rings is 1. The molecule has 3 aromatic rings. The summed E-state index contributed by atoms with van der Waals surface area (Å²) in [7, 11) is 4.02. The molecule has 1 aromatic carbocycles. The van der Waals surface area contributed by atoms with Crippen LogP contribution < -0.4 is 5.32 Å². The molecular weight excluding hydrogens is 320 g/mol. The highest BCUT2D eigenvalue weighted by Gasteiger charge is 2.20. The van der Waals surface area contributed by atoms with Gasteiger partial charge in [-0.15, -0.1) is 0 Å². The van der Waals surface area contributed by atoms with Gasteiger partial charge in [0.2, 0.25) is 0 Å². The molecule has 3 rings (SSSR count). The van der Waals surface area contributed by atoms with Gasteiger partial charge in [-0.3, -0.25) is 4.79 Å². The zero-order valence-corrected chi connectivity index (χ0v) is 14.5. The maximum atomic E-state index is 12.6. The van der Waals surface area contributed by atoms with Crippen molar-refractivity contribution in [3.8, 4) is 11.1 Å².